The first-order valence-corrected chi connectivity index (χ1v) is 12.9. The van der Waals surface area contributed by atoms with E-state index in [-0.39, 0.29) is 23.6 Å². The Labute approximate surface area is 231 Å². The number of benzene rings is 3. The van der Waals surface area contributed by atoms with Gasteiger partial charge >= 0.3 is 0 Å². The number of alkyl halides is 2. The van der Waals surface area contributed by atoms with Crippen LogP contribution in [0.15, 0.2) is 84.1 Å². The van der Waals surface area contributed by atoms with Gasteiger partial charge in [-0.2, -0.15) is 5.10 Å². The van der Waals surface area contributed by atoms with Crippen molar-refractivity contribution >= 4 is 46.2 Å². The number of nitrogens with zero attached hydrogens (tertiary/aromatic N) is 3. The highest BCUT2D eigenvalue weighted by atomic mass is 19.3. The van der Waals surface area contributed by atoms with Gasteiger partial charge < -0.3 is 5.32 Å². The first kappa shape index (κ1) is 28.4. The maximum atomic E-state index is 14.1. The van der Waals surface area contributed by atoms with Gasteiger partial charge in [-0.3, -0.25) is 19.0 Å². The van der Waals surface area contributed by atoms with E-state index >= 15 is 0 Å². The number of nitrogens with one attached hydrogen (secondary N) is 1. The highest BCUT2D eigenvalue weighted by molar-refractivity contribution is 6.09. The van der Waals surface area contributed by atoms with Crippen LogP contribution in [-0.4, -0.2) is 28.5 Å². The third-order valence-electron chi connectivity index (χ3n) is 6.81. The molecule has 0 saturated carbocycles. The Hall–Kier alpha value is -4.66. The Morgan fingerprint density at radius 1 is 1.07 bits per heavy atom. The van der Waals surface area contributed by atoms with E-state index in [9.17, 15) is 23.2 Å². The van der Waals surface area contributed by atoms with Crippen molar-refractivity contribution in [2.24, 2.45) is 11.0 Å². The molecule has 1 unspecified atom stereocenters. The molecule has 4 aromatic rings. The van der Waals surface area contributed by atoms with E-state index in [1.54, 1.807) is 50.4 Å². The number of amides is 2. The molecule has 0 aliphatic rings. The van der Waals surface area contributed by atoms with Crippen molar-refractivity contribution in [2.75, 3.05) is 10.3 Å². The SMILES string of the molecule is CCC(F)(F)c1cccc(NC(=O)C(C)/C(C)=N\N(C=O)c2ccc3ccn(C(=O)c4cccc(C)c4)c3c2)c1. The third kappa shape index (κ3) is 5.98. The van der Waals surface area contributed by atoms with E-state index in [2.05, 4.69) is 10.4 Å². The molecule has 1 aromatic heterocycles. The summed E-state index contributed by atoms with van der Waals surface area (Å²) in [5.74, 6) is -4.44. The summed E-state index contributed by atoms with van der Waals surface area (Å²) in [6.45, 7) is 6.51. The van der Waals surface area contributed by atoms with E-state index in [0.717, 1.165) is 16.0 Å². The fraction of sp³-hybridized carbons (Fsp3) is 0.226. The van der Waals surface area contributed by atoms with Gasteiger partial charge in [0.25, 0.3) is 11.8 Å². The lowest BCUT2D eigenvalue weighted by Gasteiger charge is -2.18. The Balaban J connectivity index is 1.56. The Morgan fingerprint density at radius 3 is 2.52 bits per heavy atom. The van der Waals surface area contributed by atoms with Crippen LogP contribution in [-0.2, 0) is 15.5 Å². The van der Waals surface area contributed by atoms with E-state index in [1.165, 1.54) is 35.8 Å². The summed E-state index contributed by atoms with van der Waals surface area (Å²) in [6.07, 6.45) is 1.84. The molecule has 3 aromatic carbocycles. The van der Waals surface area contributed by atoms with Crippen molar-refractivity contribution in [3.8, 4) is 0 Å². The highest BCUT2D eigenvalue weighted by Gasteiger charge is 2.29. The highest BCUT2D eigenvalue weighted by Crippen LogP contribution is 2.32. The van der Waals surface area contributed by atoms with Crippen LogP contribution in [0.1, 0.15) is 48.7 Å². The van der Waals surface area contributed by atoms with E-state index in [0.29, 0.717) is 28.9 Å². The number of carbonyl (C=O) groups excluding carboxylic acids is 3. The number of aromatic nitrogens is 1. The summed E-state index contributed by atoms with van der Waals surface area (Å²) in [6, 6.07) is 19.8. The number of carbonyl (C=O) groups is 3. The maximum Gasteiger partial charge on any atom is 0.273 e. The minimum Gasteiger partial charge on any atom is -0.326 e. The quantitative estimate of drug-likeness (QED) is 0.144. The van der Waals surface area contributed by atoms with Gasteiger partial charge in [0.1, 0.15) is 0 Å². The van der Waals surface area contributed by atoms with Gasteiger partial charge in [0, 0.05) is 40.5 Å². The number of hydrazone groups is 1. The number of halogens is 2. The lowest BCUT2D eigenvalue weighted by Crippen LogP contribution is -2.28. The normalized spacial score (nSPS) is 12.7. The minimum atomic E-state index is -3.00. The van der Waals surface area contributed by atoms with Gasteiger partial charge in [-0.15, -0.1) is 0 Å². The first-order chi connectivity index (χ1) is 19.0. The molecule has 4 rings (SSSR count). The second kappa shape index (κ2) is 11.6. The molecule has 0 bridgehead atoms. The first-order valence-electron chi connectivity index (χ1n) is 12.9. The zero-order chi connectivity index (χ0) is 29.0. The topological polar surface area (TPSA) is 83.8 Å². The molecule has 7 nitrogen and oxygen atoms in total. The second-order valence-corrected chi connectivity index (χ2v) is 9.64. The van der Waals surface area contributed by atoms with Crippen molar-refractivity contribution in [3.05, 3.63) is 95.7 Å². The van der Waals surface area contributed by atoms with Crippen LogP contribution in [0, 0.1) is 12.8 Å². The number of hydrogen-bond donors (Lipinski definition) is 1. The van der Waals surface area contributed by atoms with Gasteiger partial charge in [-0.05, 0) is 63.2 Å². The zero-order valence-corrected chi connectivity index (χ0v) is 22.7. The minimum absolute atomic E-state index is 0.181. The van der Waals surface area contributed by atoms with Crippen molar-refractivity contribution in [1.29, 1.82) is 0 Å². The molecular weight excluding hydrogens is 514 g/mol. The van der Waals surface area contributed by atoms with Crippen LogP contribution in [0.25, 0.3) is 10.9 Å². The van der Waals surface area contributed by atoms with Crippen LogP contribution in [0.2, 0.25) is 0 Å². The third-order valence-corrected chi connectivity index (χ3v) is 6.81. The summed E-state index contributed by atoms with van der Waals surface area (Å²) in [5, 5.41) is 8.89. The number of aryl methyl sites for hydroxylation is 1. The molecule has 9 heteroatoms. The van der Waals surface area contributed by atoms with E-state index in [4.69, 9.17) is 0 Å². The summed E-state index contributed by atoms with van der Waals surface area (Å²) >= 11 is 0. The molecule has 206 valence electrons. The Morgan fingerprint density at radius 2 is 1.82 bits per heavy atom. The summed E-state index contributed by atoms with van der Waals surface area (Å²) in [7, 11) is 0. The monoisotopic (exact) mass is 544 g/mol. The predicted octanol–water partition coefficient (Wildman–Crippen LogP) is 6.75. The van der Waals surface area contributed by atoms with Crippen LogP contribution in [0.5, 0.6) is 0 Å². The second-order valence-electron chi connectivity index (χ2n) is 9.64. The molecule has 0 spiro atoms. The molecule has 0 radical (unpaired) electrons. The van der Waals surface area contributed by atoms with Crippen LogP contribution in [0.3, 0.4) is 0 Å². The lowest BCUT2D eigenvalue weighted by molar-refractivity contribution is -0.117. The van der Waals surface area contributed by atoms with E-state index in [1.807, 2.05) is 25.1 Å². The molecule has 0 fully saturated rings. The average molecular weight is 545 g/mol. The van der Waals surface area contributed by atoms with Gasteiger partial charge in [0.2, 0.25) is 12.3 Å². The summed E-state index contributed by atoms with van der Waals surface area (Å²) in [4.78, 5) is 38.1. The zero-order valence-electron chi connectivity index (χ0n) is 22.7. The van der Waals surface area contributed by atoms with Crippen molar-refractivity contribution in [3.63, 3.8) is 0 Å². The Kier molecular flexibility index (Phi) is 8.23. The molecule has 40 heavy (non-hydrogen) atoms. The average Bonchev–Trinajstić information content (AvgIpc) is 3.38. The molecular formula is C31H30F2N4O3. The van der Waals surface area contributed by atoms with Crippen LogP contribution in [0.4, 0.5) is 20.2 Å². The molecule has 1 atom stereocenters. The standard InChI is InChI=1S/C31H30F2N4O3/c1-5-31(32,33)25-10-7-11-26(17-25)34-29(39)21(3)22(4)35-37(19-38)27-13-12-23-14-15-36(28(23)18-27)30(40)24-9-6-8-20(2)16-24/h6-19,21H,5H2,1-4H3,(H,34,39)/b35-22-. The van der Waals surface area contributed by atoms with Crippen molar-refractivity contribution in [1.82, 2.24) is 4.57 Å². The van der Waals surface area contributed by atoms with Gasteiger partial charge in [0.15, 0.2) is 0 Å². The van der Waals surface area contributed by atoms with E-state index < -0.39 is 17.7 Å². The summed E-state index contributed by atoms with van der Waals surface area (Å²) < 4.78 is 29.7. The van der Waals surface area contributed by atoms with Gasteiger partial charge in [0.05, 0.1) is 17.1 Å². The van der Waals surface area contributed by atoms with Crippen molar-refractivity contribution in [2.45, 2.75) is 40.0 Å². The molecule has 0 saturated heterocycles. The molecule has 2 amide bonds. The number of hydrogen-bond acceptors (Lipinski definition) is 4. The van der Waals surface area contributed by atoms with Gasteiger partial charge in [-0.1, -0.05) is 42.8 Å². The molecule has 0 aliphatic carbocycles. The van der Waals surface area contributed by atoms with Crippen LogP contribution < -0.4 is 10.3 Å². The Bertz CT molecular complexity index is 1610. The number of anilines is 2. The lowest BCUT2D eigenvalue weighted by atomic mass is 10.0. The number of rotatable bonds is 9. The maximum absolute atomic E-state index is 14.1. The fourth-order valence-corrected chi connectivity index (χ4v) is 4.22. The molecule has 1 N–H and O–H groups in total. The largest absolute Gasteiger partial charge is 0.326 e. The fourth-order valence-electron chi connectivity index (χ4n) is 4.22. The predicted molar refractivity (Wildman–Crippen MR) is 153 cm³/mol. The molecule has 0 aliphatic heterocycles. The smallest absolute Gasteiger partial charge is 0.273 e. The van der Waals surface area contributed by atoms with Crippen molar-refractivity contribution < 1.29 is 23.2 Å². The summed E-state index contributed by atoms with van der Waals surface area (Å²) in [5.41, 5.74) is 2.88. The van der Waals surface area contributed by atoms with Gasteiger partial charge in [-0.25, -0.2) is 13.8 Å². The van der Waals surface area contributed by atoms with Crippen LogP contribution >= 0.6 is 0 Å². The molecule has 1 heterocycles. The number of fused-ring (bicyclic) bond motifs is 1.